The number of hydrogen-bond acceptors (Lipinski definition) is 7. The molecule has 8 nitrogen and oxygen atoms in total. The first-order chi connectivity index (χ1) is 16.0. The van der Waals surface area contributed by atoms with Gasteiger partial charge in [0, 0.05) is 30.3 Å². The van der Waals surface area contributed by atoms with Crippen LogP contribution in [0.1, 0.15) is 24.0 Å². The van der Waals surface area contributed by atoms with E-state index in [0.717, 1.165) is 41.4 Å². The highest BCUT2D eigenvalue weighted by molar-refractivity contribution is 5.95. The fourth-order valence-corrected chi connectivity index (χ4v) is 4.13. The molecule has 0 aliphatic carbocycles. The number of carbonyl (C=O) groups excluding carboxylic acids is 1. The van der Waals surface area contributed by atoms with Gasteiger partial charge in [-0.2, -0.15) is 5.10 Å². The summed E-state index contributed by atoms with van der Waals surface area (Å²) >= 11 is 0. The summed E-state index contributed by atoms with van der Waals surface area (Å²) in [4.78, 5) is 15.2. The second-order valence-electron chi connectivity index (χ2n) is 8.71. The van der Waals surface area contributed by atoms with Crippen LogP contribution in [-0.2, 0) is 11.2 Å². The number of rotatable bonds is 8. The quantitative estimate of drug-likeness (QED) is 0.641. The maximum atomic E-state index is 13.2. The Labute approximate surface area is 194 Å². The van der Waals surface area contributed by atoms with Crippen LogP contribution in [0.5, 0.6) is 17.2 Å². The van der Waals surface area contributed by atoms with E-state index in [1.807, 2.05) is 57.4 Å². The largest absolute Gasteiger partial charge is 0.496 e. The highest BCUT2D eigenvalue weighted by atomic mass is 16.5. The van der Waals surface area contributed by atoms with Crippen molar-refractivity contribution in [2.75, 3.05) is 52.8 Å². The highest BCUT2D eigenvalue weighted by Crippen LogP contribution is 2.36. The number of nitrogens with one attached hydrogen (secondary N) is 2. The first kappa shape index (κ1) is 22.9. The number of amides is 1. The van der Waals surface area contributed by atoms with Crippen molar-refractivity contribution in [2.24, 2.45) is 11.0 Å². The third kappa shape index (κ3) is 5.22. The lowest BCUT2D eigenvalue weighted by molar-refractivity contribution is -0.121. The van der Waals surface area contributed by atoms with Crippen molar-refractivity contribution in [3.05, 3.63) is 47.5 Å². The van der Waals surface area contributed by atoms with E-state index in [0.29, 0.717) is 31.1 Å². The first-order valence-electron chi connectivity index (χ1n) is 11.2. The molecular weight excluding hydrogens is 420 g/mol. The van der Waals surface area contributed by atoms with Gasteiger partial charge in [-0.1, -0.05) is 12.1 Å². The summed E-state index contributed by atoms with van der Waals surface area (Å²) in [6.45, 7) is 4.39. The number of carbonyl (C=O) groups is 1. The summed E-state index contributed by atoms with van der Waals surface area (Å²) in [5.74, 6) is 1.95. The minimum absolute atomic E-state index is 0.1000. The van der Waals surface area contributed by atoms with Gasteiger partial charge in [-0.15, -0.1) is 0 Å². The van der Waals surface area contributed by atoms with Crippen LogP contribution in [0.4, 0.5) is 5.69 Å². The number of benzene rings is 2. The molecule has 0 spiro atoms. The molecule has 1 amide bonds. The average Bonchev–Trinajstić information content (AvgIpc) is 3.24. The fourth-order valence-electron chi connectivity index (χ4n) is 4.13. The lowest BCUT2D eigenvalue weighted by Crippen LogP contribution is -2.33. The molecule has 2 atom stereocenters. The van der Waals surface area contributed by atoms with E-state index in [9.17, 15) is 4.79 Å². The molecular formula is C25H32N4O4. The molecule has 0 bridgehead atoms. The molecule has 0 radical (unpaired) electrons. The van der Waals surface area contributed by atoms with Crippen molar-refractivity contribution in [3.63, 3.8) is 0 Å². The number of hydrogen-bond donors (Lipinski definition) is 2. The monoisotopic (exact) mass is 452 g/mol. The van der Waals surface area contributed by atoms with Crippen molar-refractivity contribution in [3.8, 4) is 17.2 Å². The molecule has 0 fully saturated rings. The van der Waals surface area contributed by atoms with Crippen LogP contribution < -0.4 is 25.0 Å². The van der Waals surface area contributed by atoms with Crippen molar-refractivity contribution in [1.82, 2.24) is 10.3 Å². The number of nitrogens with zero attached hydrogens (tertiary/aromatic N) is 2. The van der Waals surface area contributed by atoms with Gasteiger partial charge in [0.15, 0.2) is 0 Å². The topological polar surface area (TPSA) is 84.4 Å². The van der Waals surface area contributed by atoms with Gasteiger partial charge in [0.1, 0.15) is 30.5 Å². The zero-order valence-electron chi connectivity index (χ0n) is 19.7. The van der Waals surface area contributed by atoms with Gasteiger partial charge < -0.3 is 29.9 Å². The summed E-state index contributed by atoms with van der Waals surface area (Å²) in [7, 11) is 5.63. The van der Waals surface area contributed by atoms with Crippen molar-refractivity contribution in [2.45, 2.75) is 19.3 Å². The summed E-state index contributed by atoms with van der Waals surface area (Å²) in [5.41, 5.74) is 6.79. The highest BCUT2D eigenvalue weighted by Gasteiger charge is 2.29. The minimum Gasteiger partial charge on any atom is -0.496 e. The van der Waals surface area contributed by atoms with Gasteiger partial charge in [-0.25, -0.2) is 0 Å². The zero-order valence-corrected chi connectivity index (χ0v) is 19.7. The Balaban J connectivity index is 1.52. The third-order valence-electron chi connectivity index (χ3n) is 6.09. The smallest absolute Gasteiger partial charge is 0.231 e. The second kappa shape index (κ2) is 10.1. The number of ether oxygens (including phenoxy) is 3. The van der Waals surface area contributed by atoms with Crippen LogP contribution in [0.3, 0.4) is 0 Å². The molecule has 0 aromatic heterocycles. The van der Waals surface area contributed by atoms with Crippen LogP contribution in [0.15, 0.2) is 41.5 Å². The minimum atomic E-state index is -0.323. The molecule has 2 aliphatic rings. The van der Waals surface area contributed by atoms with Crippen molar-refractivity contribution in [1.29, 1.82) is 0 Å². The molecule has 2 aromatic rings. The SMILES string of the molecule is COc1cccc2c1CC(C(=O)Nc1ccc(C3CNN=C3C)cc1OCCN(C)C)CO2. The van der Waals surface area contributed by atoms with Gasteiger partial charge in [-0.05, 0) is 57.3 Å². The predicted molar refractivity (Wildman–Crippen MR) is 129 cm³/mol. The zero-order chi connectivity index (χ0) is 23.4. The summed E-state index contributed by atoms with van der Waals surface area (Å²) in [5, 5.41) is 7.37. The second-order valence-corrected chi connectivity index (χ2v) is 8.71. The van der Waals surface area contributed by atoms with Crippen LogP contribution >= 0.6 is 0 Å². The van der Waals surface area contributed by atoms with Crippen molar-refractivity contribution >= 4 is 17.3 Å². The standard InChI is InChI=1S/C25H32N4O4/c1-16-20(14-26-28-16)17-8-9-21(24(13-17)32-11-10-29(2)3)27-25(30)18-12-19-22(31-4)6-5-7-23(19)33-15-18/h5-9,13,18,20,26H,10-12,14-15H2,1-4H3,(H,27,30). The van der Waals surface area contributed by atoms with Gasteiger partial charge >= 0.3 is 0 Å². The van der Waals surface area contributed by atoms with E-state index >= 15 is 0 Å². The Kier molecular flexibility index (Phi) is 7.03. The molecule has 2 aliphatic heterocycles. The molecule has 2 aromatic carbocycles. The normalized spacial score (nSPS) is 19.2. The van der Waals surface area contributed by atoms with E-state index in [1.165, 1.54) is 0 Å². The number of likely N-dealkylation sites (N-methyl/N-ethyl adjacent to an activating group) is 1. The van der Waals surface area contributed by atoms with Gasteiger partial charge in [0.25, 0.3) is 0 Å². The summed E-state index contributed by atoms with van der Waals surface area (Å²) in [6.07, 6.45) is 0.559. The lowest BCUT2D eigenvalue weighted by Gasteiger charge is -2.26. The maximum absolute atomic E-state index is 13.2. The number of methoxy groups -OCH3 is 1. The maximum Gasteiger partial charge on any atom is 0.231 e. The lowest BCUT2D eigenvalue weighted by atomic mass is 9.94. The molecule has 4 rings (SSSR count). The summed E-state index contributed by atoms with van der Waals surface area (Å²) in [6, 6.07) is 11.6. The molecule has 8 heteroatoms. The Morgan fingerprint density at radius 3 is 2.85 bits per heavy atom. The molecule has 0 saturated carbocycles. The molecule has 2 heterocycles. The summed E-state index contributed by atoms with van der Waals surface area (Å²) < 4.78 is 17.4. The Hall–Kier alpha value is -3.26. The van der Waals surface area contributed by atoms with E-state index in [-0.39, 0.29) is 17.7 Å². The molecule has 2 unspecified atom stereocenters. The number of anilines is 1. The van der Waals surface area contributed by atoms with Crippen LogP contribution in [-0.4, -0.2) is 64.0 Å². The van der Waals surface area contributed by atoms with E-state index < -0.39 is 0 Å². The van der Waals surface area contributed by atoms with Crippen LogP contribution in [0.25, 0.3) is 0 Å². The Morgan fingerprint density at radius 1 is 1.27 bits per heavy atom. The Morgan fingerprint density at radius 2 is 2.12 bits per heavy atom. The van der Waals surface area contributed by atoms with Crippen molar-refractivity contribution < 1.29 is 19.0 Å². The van der Waals surface area contributed by atoms with Gasteiger partial charge in [0.05, 0.1) is 18.7 Å². The van der Waals surface area contributed by atoms with Gasteiger partial charge in [-0.3, -0.25) is 4.79 Å². The van der Waals surface area contributed by atoms with Crippen LogP contribution in [0.2, 0.25) is 0 Å². The number of hydrazone groups is 1. The van der Waals surface area contributed by atoms with Gasteiger partial charge in [0.2, 0.25) is 5.91 Å². The number of fused-ring (bicyclic) bond motifs is 1. The molecule has 0 saturated heterocycles. The molecule has 33 heavy (non-hydrogen) atoms. The fraction of sp³-hybridized carbons (Fsp3) is 0.440. The third-order valence-corrected chi connectivity index (χ3v) is 6.09. The van der Waals surface area contributed by atoms with E-state index in [4.69, 9.17) is 14.2 Å². The van der Waals surface area contributed by atoms with E-state index in [1.54, 1.807) is 7.11 Å². The Bertz CT molecular complexity index is 1020. The first-order valence-corrected chi connectivity index (χ1v) is 11.2. The predicted octanol–water partition coefficient (Wildman–Crippen LogP) is 2.89. The average molecular weight is 453 g/mol. The molecule has 176 valence electrons. The molecule has 2 N–H and O–H groups in total. The van der Waals surface area contributed by atoms with Crippen LogP contribution in [0, 0.1) is 5.92 Å². The van der Waals surface area contributed by atoms with E-state index in [2.05, 4.69) is 20.7 Å².